The van der Waals surface area contributed by atoms with E-state index < -0.39 is 0 Å². The molecule has 154 valence electrons. The first kappa shape index (κ1) is 19.0. The molecule has 7 heteroatoms. The highest BCUT2D eigenvalue weighted by molar-refractivity contribution is 6.01. The molecule has 0 aliphatic carbocycles. The highest BCUT2D eigenvalue weighted by atomic mass is 19.1. The zero-order chi connectivity index (χ0) is 20.5. The lowest BCUT2D eigenvalue weighted by molar-refractivity contribution is -0.00461. The highest BCUT2D eigenvalue weighted by Crippen LogP contribution is 2.30. The standard InChI is InChI=1S/C23H22FN3O3/c24-20-9-4-3-7-18(20)17-6-1-2-8-19(17)23(28)26-12-21-22(13-26)30-15-16(14-29-21)27-11-5-10-25-27/h1-11,16,21-22H,12-15H2/t21-,22-/m0/s1. The Kier molecular flexibility index (Phi) is 5.06. The second-order valence-electron chi connectivity index (χ2n) is 7.62. The van der Waals surface area contributed by atoms with Gasteiger partial charge in [0.1, 0.15) is 18.0 Å². The molecule has 1 amide bonds. The van der Waals surface area contributed by atoms with Gasteiger partial charge < -0.3 is 14.4 Å². The Hall–Kier alpha value is -3.03. The van der Waals surface area contributed by atoms with Gasteiger partial charge in [-0.05, 0) is 23.8 Å². The summed E-state index contributed by atoms with van der Waals surface area (Å²) in [4.78, 5) is 15.1. The third-order valence-electron chi connectivity index (χ3n) is 5.73. The predicted octanol–water partition coefficient (Wildman–Crippen LogP) is 3.17. The van der Waals surface area contributed by atoms with Crippen LogP contribution < -0.4 is 0 Å². The largest absolute Gasteiger partial charge is 0.371 e. The van der Waals surface area contributed by atoms with E-state index in [0.29, 0.717) is 43.0 Å². The van der Waals surface area contributed by atoms with Gasteiger partial charge >= 0.3 is 0 Å². The van der Waals surface area contributed by atoms with Gasteiger partial charge in [-0.3, -0.25) is 9.48 Å². The minimum atomic E-state index is -0.347. The fraction of sp³-hybridized carbons (Fsp3) is 0.304. The second kappa shape index (κ2) is 8.01. The predicted molar refractivity (Wildman–Crippen MR) is 108 cm³/mol. The number of halogens is 1. The van der Waals surface area contributed by atoms with Crippen LogP contribution >= 0.6 is 0 Å². The summed E-state index contributed by atoms with van der Waals surface area (Å²) in [5.74, 6) is -0.488. The Labute approximate surface area is 173 Å². The monoisotopic (exact) mass is 407 g/mol. The van der Waals surface area contributed by atoms with Gasteiger partial charge in [0.15, 0.2) is 0 Å². The lowest BCUT2D eigenvalue weighted by Crippen LogP contribution is -2.31. The molecule has 2 saturated heterocycles. The summed E-state index contributed by atoms with van der Waals surface area (Å²) in [5, 5.41) is 4.27. The van der Waals surface area contributed by atoms with Crippen molar-refractivity contribution in [2.75, 3.05) is 26.3 Å². The van der Waals surface area contributed by atoms with Crippen LogP contribution in [0, 0.1) is 5.82 Å². The van der Waals surface area contributed by atoms with Crippen LogP contribution in [0.1, 0.15) is 16.4 Å². The smallest absolute Gasteiger partial charge is 0.254 e. The first-order valence-electron chi connectivity index (χ1n) is 10.1. The van der Waals surface area contributed by atoms with Crippen molar-refractivity contribution in [3.63, 3.8) is 0 Å². The Bertz CT molecular complexity index is 1020. The quantitative estimate of drug-likeness (QED) is 0.669. The highest BCUT2D eigenvalue weighted by Gasteiger charge is 2.40. The zero-order valence-corrected chi connectivity index (χ0v) is 16.4. The van der Waals surface area contributed by atoms with Crippen LogP contribution in [0.15, 0.2) is 67.0 Å². The molecule has 2 fully saturated rings. The Morgan fingerprint density at radius 1 is 0.933 bits per heavy atom. The normalized spacial score (nSPS) is 22.0. The van der Waals surface area contributed by atoms with E-state index in [4.69, 9.17) is 9.47 Å². The van der Waals surface area contributed by atoms with Gasteiger partial charge in [-0.15, -0.1) is 0 Å². The van der Waals surface area contributed by atoms with Crippen molar-refractivity contribution in [3.05, 3.63) is 78.4 Å². The lowest BCUT2D eigenvalue weighted by atomic mass is 9.98. The number of rotatable bonds is 3. The molecule has 2 aliphatic rings. The average molecular weight is 407 g/mol. The molecule has 0 N–H and O–H groups in total. The van der Waals surface area contributed by atoms with E-state index in [1.165, 1.54) is 6.07 Å². The molecular weight excluding hydrogens is 385 g/mol. The zero-order valence-electron chi connectivity index (χ0n) is 16.4. The molecule has 5 rings (SSSR count). The first-order valence-corrected chi connectivity index (χ1v) is 10.1. The molecule has 6 nitrogen and oxygen atoms in total. The van der Waals surface area contributed by atoms with Crippen LogP contribution in [-0.2, 0) is 9.47 Å². The van der Waals surface area contributed by atoms with E-state index in [0.717, 1.165) is 0 Å². The number of carbonyl (C=O) groups is 1. The summed E-state index contributed by atoms with van der Waals surface area (Å²) >= 11 is 0. The number of carbonyl (C=O) groups excluding carboxylic acids is 1. The number of hydrogen-bond acceptors (Lipinski definition) is 4. The van der Waals surface area contributed by atoms with E-state index in [1.54, 1.807) is 47.5 Å². The molecule has 0 radical (unpaired) electrons. The maximum Gasteiger partial charge on any atom is 0.254 e. The summed E-state index contributed by atoms with van der Waals surface area (Å²) < 4.78 is 28.4. The van der Waals surface area contributed by atoms with Crippen LogP contribution in [0.4, 0.5) is 4.39 Å². The number of fused-ring (bicyclic) bond motifs is 1. The van der Waals surface area contributed by atoms with Crippen molar-refractivity contribution < 1.29 is 18.7 Å². The van der Waals surface area contributed by atoms with Crippen LogP contribution in [0.2, 0.25) is 0 Å². The third-order valence-corrected chi connectivity index (χ3v) is 5.73. The fourth-order valence-electron chi connectivity index (χ4n) is 4.15. The molecule has 2 atom stereocenters. The topological polar surface area (TPSA) is 56.6 Å². The van der Waals surface area contributed by atoms with Gasteiger partial charge in [-0.1, -0.05) is 36.4 Å². The minimum absolute atomic E-state index is 0.0246. The van der Waals surface area contributed by atoms with Gasteiger partial charge in [-0.25, -0.2) is 4.39 Å². The number of amides is 1. The summed E-state index contributed by atoms with van der Waals surface area (Å²) in [6, 6.07) is 15.5. The SMILES string of the molecule is O=C(c1ccccc1-c1ccccc1F)N1C[C@@H]2OCC(n3cccn3)CO[C@H]2C1. The van der Waals surface area contributed by atoms with Crippen LogP contribution in [0.3, 0.4) is 0 Å². The van der Waals surface area contributed by atoms with Crippen molar-refractivity contribution in [1.29, 1.82) is 0 Å². The van der Waals surface area contributed by atoms with Gasteiger partial charge in [0.05, 0.1) is 19.3 Å². The molecule has 30 heavy (non-hydrogen) atoms. The van der Waals surface area contributed by atoms with Crippen molar-refractivity contribution in [2.45, 2.75) is 18.2 Å². The van der Waals surface area contributed by atoms with Gasteiger partial charge in [-0.2, -0.15) is 5.10 Å². The summed E-state index contributed by atoms with van der Waals surface area (Å²) in [7, 11) is 0. The Morgan fingerprint density at radius 3 is 2.27 bits per heavy atom. The lowest BCUT2D eigenvalue weighted by Gasteiger charge is -2.20. The van der Waals surface area contributed by atoms with E-state index in [9.17, 15) is 9.18 Å². The summed E-state index contributed by atoms with van der Waals surface area (Å²) in [5.41, 5.74) is 1.49. The average Bonchev–Trinajstić information content (AvgIpc) is 3.41. The first-order chi connectivity index (χ1) is 14.7. The fourth-order valence-corrected chi connectivity index (χ4v) is 4.15. The summed E-state index contributed by atoms with van der Waals surface area (Å²) in [6.45, 7) is 1.86. The van der Waals surface area contributed by atoms with Gasteiger partial charge in [0, 0.05) is 36.6 Å². The van der Waals surface area contributed by atoms with Crippen molar-refractivity contribution in [1.82, 2.24) is 14.7 Å². The van der Waals surface area contributed by atoms with Gasteiger partial charge in [0.2, 0.25) is 0 Å². The van der Waals surface area contributed by atoms with E-state index in [2.05, 4.69) is 5.10 Å². The third kappa shape index (κ3) is 3.51. The molecule has 1 aromatic heterocycles. The molecule has 2 aliphatic heterocycles. The molecule has 3 aromatic rings. The molecular formula is C23H22FN3O3. The Morgan fingerprint density at radius 2 is 1.60 bits per heavy atom. The van der Waals surface area contributed by atoms with E-state index >= 15 is 0 Å². The van der Waals surface area contributed by atoms with Crippen molar-refractivity contribution >= 4 is 5.91 Å². The van der Waals surface area contributed by atoms with Crippen molar-refractivity contribution in [2.24, 2.45) is 0 Å². The molecule has 0 spiro atoms. The second-order valence-corrected chi connectivity index (χ2v) is 7.62. The van der Waals surface area contributed by atoms with Crippen molar-refractivity contribution in [3.8, 4) is 11.1 Å². The van der Waals surface area contributed by atoms with Gasteiger partial charge in [0.25, 0.3) is 5.91 Å². The molecule has 0 unspecified atom stereocenters. The Balaban J connectivity index is 1.33. The van der Waals surface area contributed by atoms with Crippen LogP contribution in [0.5, 0.6) is 0 Å². The molecule has 0 bridgehead atoms. The van der Waals surface area contributed by atoms with E-state index in [-0.39, 0.29) is 30.0 Å². The minimum Gasteiger partial charge on any atom is -0.371 e. The number of hydrogen-bond donors (Lipinski definition) is 0. The number of benzene rings is 2. The molecule has 2 aromatic carbocycles. The maximum absolute atomic E-state index is 14.4. The number of aromatic nitrogens is 2. The summed E-state index contributed by atoms with van der Waals surface area (Å²) in [6.07, 6.45) is 3.26. The van der Waals surface area contributed by atoms with Crippen LogP contribution in [0.25, 0.3) is 11.1 Å². The number of nitrogens with zero attached hydrogens (tertiary/aromatic N) is 3. The maximum atomic E-state index is 14.4. The van der Waals surface area contributed by atoms with Crippen LogP contribution in [-0.4, -0.2) is 59.1 Å². The number of likely N-dealkylation sites (tertiary alicyclic amines) is 1. The number of ether oxygens (including phenoxy) is 2. The van der Waals surface area contributed by atoms with E-state index in [1.807, 2.05) is 23.0 Å². The molecule has 3 heterocycles. The molecule has 0 saturated carbocycles.